The number of anilines is 1. The number of piperidine rings is 1. The van der Waals surface area contributed by atoms with E-state index in [2.05, 4.69) is 26.1 Å². The van der Waals surface area contributed by atoms with Gasteiger partial charge in [-0.25, -0.2) is 4.98 Å². The summed E-state index contributed by atoms with van der Waals surface area (Å²) in [6.45, 7) is 1.95. The van der Waals surface area contributed by atoms with Crippen LogP contribution in [0.4, 0.5) is 19.0 Å². The lowest BCUT2D eigenvalue weighted by Crippen LogP contribution is -2.37. The number of aromatic nitrogens is 4. The average Bonchev–Trinajstić information content (AvgIpc) is 2.69. The maximum atomic E-state index is 12.6. The van der Waals surface area contributed by atoms with Crippen LogP contribution in [0.1, 0.15) is 29.8 Å². The topological polar surface area (TPSA) is 63.9 Å². The third-order valence-electron chi connectivity index (χ3n) is 5.25. The lowest BCUT2D eigenvalue weighted by Gasteiger charge is -2.33. The summed E-state index contributed by atoms with van der Waals surface area (Å²) in [5.41, 5.74) is 0.535. The molecule has 2 aromatic rings. The van der Waals surface area contributed by atoms with Crippen LogP contribution in [-0.2, 0) is 24.9 Å². The zero-order valence-corrected chi connectivity index (χ0v) is 16.0. The van der Waals surface area contributed by atoms with E-state index >= 15 is 0 Å². The molecule has 2 aliphatic heterocycles. The van der Waals surface area contributed by atoms with Crippen LogP contribution in [0.5, 0.6) is 0 Å². The van der Waals surface area contributed by atoms with Crippen molar-refractivity contribution in [1.29, 1.82) is 0 Å². The lowest BCUT2D eigenvalue weighted by molar-refractivity contribution is -0.141. The van der Waals surface area contributed by atoms with Crippen molar-refractivity contribution in [2.75, 3.05) is 23.7 Å². The first-order valence-electron chi connectivity index (χ1n) is 9.22. The van der Waals surface area contributed by atoms with E-state index in [1.54, 1.807) is 0 Å². The number of nitrogens with zero attached hydrogens (tertiary/aromatic N) is 5. The normalized spacial score (nSPS) is 18.2. The van der Waals surface area contributed by atoms with E-state index in [1.165, 1.54) is 10.1 Å². The van der Waals surface area contributed by atoms with E-state index < -0.39 is 17.4 Å². The van der Waals surface area contributed by atoms with Crippen LogP contribution in [0.2, 0.25) is 0 Å². The van der Waals surface area contributed by atoms with E-state index in [0.717, 1.165) is 61.7 Å². The SMILES string of the molecule is O=c1cc(C(F)(F)F)ncn1CC1CCN(c2cc3c(nn2)CCSC3)CC1. The van der Waals surface area contributed by atoms with Gasteiger partial charge in [0.25, 0.3) is 5.56 Å². The number of fused-ring (bicyclic) bond motifs is 1. The van der Waals surface area contributed by atoms with Crippen LogP contribution >= 0.6 is 11.8 Å². The van der Waals surface area contributed by atoms with Crippen molar-refractivity contribution in [2.24, 2.45) is 5.92 Å². The molecule has 0 radical (unpaired) electrons. The van der Waals surface area contributed by atoms with Gasteiger partial charge in [-0.1, -0.05) is 0 Å². The van der Waals surface area contributed by atoms with Crippen LogP contribution < -0.4 is 10.5 Å². The molecule has 0 aliphatic carbocycles. The Morgan fingerprint density at radius 2 is 1.96 bits per heavy atom. The molecule has 0 amide bonds. The molecular weight excluding hydrogens is 391 g/mol. The van der Waals surface area contributed by atoms with Gasteiger partial charge in [-0.3, -0.25) is 9.36 Å². The zero-order valence-electron chi connectivity index (χ0n) is 15.2. The van der Waals surface area contributed by atoms with E-state index in [4.69, 9.17) is 0 Å². The molecule has 1 saturated heterocycles. The number of halogens is 3. The highest BCUT2D eigenvalue weighted by Crippen LogP contribution is 2.28. The Bertz CT molecular complexity index is 909. The van der Waals surface area contributed by atoms with Gasteiger partial charge in [0.15, 0.2) is 11.5 Å². The third-order valence-corrected chi connectivity index (χ3v) is 6.26. The number of rotatable bonds is 3. The molecule has 2 aromatic heterocycles. The molecule has 1 fully saturated rings. The van der Waals surface area contributed by atoms with Crippen LogP contribution in [-0.4, -0.2) is 38.6 Å². The summed E-state index contributed by atoms with van der Waals surface area (Å²) in [4.78, 5) is 17.6. The predicted octanol–water partition coefficient (Wildman–Crippen LogP) is 2.76. The molecule has 0 saturated carbocycles. The fourth-order valence-corrected chi connectivity index (χ4v) is 4.58. The molecule has 0 atom stereocenters. The first-order valence-corrected chi connectivity index (χ1v) is 10.4. The summed E-state index contributed by atoms with van der Waals surface area (Å²) in [7, 11) is 0. The van der Waals surface area contributed by atoms with Crippen LogP contribution in [0.3, 0.4) is 0 Å². The monoisotopic (exact) mass is 411 g/mol. The quantitative estimate of drug-likeness (QED) is 0.774. The summed E-state index contributed by atoms with van der Waals surface area (Å²) in [5.74, 6) is 3.16. The first kappa shape index (κ1) is 19.2. The van der Waals surface area contributed by atoms with E-state index in [-0.39, 0.29) is 5.92 Å². The lowest BCUT2D eigenvalue weighted by atomic mass is 9.96. The zero-order chi connectivity index (χ0) is 19.7. The molecule has 0 spiro atoms. The second-order valence-electron chi connectivity index (χ2n) is 7.17. The number of hydrogen-bond acceptors (Lipinski definition) is 6. The second kappa shape index (κ2) is 7.73. The average molecular weight is 411 g/mol. The van der Waals surface area contributed by atoms with Crippen molar-refractivity contribution in [3.63, 3.8) is 0 Å². The Hall–Kier alpha value is -2.10. The van der Waals surface area contributed by atoms with E-state index in [9.17, 15) is 18.0 Å². The Balaban J connectivity index is 1.38. The number of hydrogen-bond donors (Lipinski definition) is 0. The highest BCUT2D eigenvalue weighted by Gasteiger charge is 2.33. The van der Waals surface area contributed by atoms with Crippen molar-refractivity contribution < 1.29 is 13.2 Å². The minimum atomic E-state index is -4.60. The van der Waals surface area contributed by atoms with Crippen LogP contribution in [0.25, 0.3) is 0 Å². The van der Waals surface area contributed by atoms with Gasteiger partial charge in [-0.05, 0) is 36.1 Å². The van der Waals surface area contributed by atoms with Gasteiger partial charge < -0.3 is 4.90 Å². The molecule has 2 aliphatic rings. The van der Waals surface area contributed by atoms with Crippen molar-refractivity contribution in [1.82, 2.24) is 19.7 Å². The van der Waals surface area contributed by atoms with Crippen molar-refractivity contribution in [3.8, 4) is 0 Å². The van der Waals surface area contributed by atoms with E-state index in [0.29, 0.717) is 12.6 Å². The first-order chi connectivity index (χ1) is 13.4. The molecule has 4 rings (SSSR count). The number of thioether (sulfide) groups is 1. The van der Waals surface area contributed by atoms with Crippen molar-refractivity contribution in [3.05, 3.63) is 45.8 Å². The molecule has 10 heteroatoms. The molecule has 4 heterocycles. The molecule has 0 unspecified atom stereocenters. The van der Waals surface area contributed by atoms with Gasteiger partial charge in [0, 0.05) is 37.9 Å². The smallest absolute Gasteiger partial charge is 0.355 e. The molecule has 0 aromatic carbocycles. The van der Waals surface area contributed by atoms with Gasteiger partial charge in [0.05, 0.1) is 12.0 Å². The molecule has 0 bridgehead atoms. The van der Waals surface area contributed by atoms with Crippen molar-refractivity contribution in [2.45, 2.75) is 37.7 Å². The Labute approximate surface area is 164 Å². The largest absolute Gasteiger partial charge is 0.433 e. The summed E-state index contributed by atoms with van der Waals surface area (Å²) in [6, 6.07) is 2.69. The fourth-order valence-electron chi connectivity index (χ4n) is 3.63. The summed E-state index contributed by atoms with van der Waals surface area (Å²) >= 11 is 1.90. The molecule has 6 nitrogen and oxygen atoms in total. The summed E-state index contributed by atoms with van der Waals surface area (Å²) < 4.78 is 39.2. The molecular formula is C18H20F3N5OS. The Morgan fingerprint density at radius 1 is 1.18 bits per heavy atom. The fraction of sp³-hybridized carbons (Fsp3) is 0.556. The van der Waals surface area contributed by atoms with Crippen molar-refractivity contribution >= 4 is 17.6 Å². The van der Waals surface area contributed by atoms with Gasteiger partial charge in [-0.2, -0.15) is 30.0 Å². The van der Waals surface area contributed by atoms with Gasteiger partial charge in [0.2, 0.25) is 0 Å². The maximum absolute atomic E-state index is 12.6. The molecule has 28 heavy (non-hydrogen) atoms. The van der Waals surface area contributed by atoms with Gasteiger partial charge in [0.1, 0.15) is 0 Å². The van der Waals surface area contributed by atoms with Gasteiger partial charge in [-0.15, -0.1) is 5.10 Å². The highest BCUT2D eigenvalue weighted by molar-refractivity contribution is 7.98. The molecule has 150 valence electrons. The minimum absolute atomic E-state index is 0.216. The Kier molecular flexibility index (Phi) is 5.31. The van der Waals surface area contributed by atoms with Crippen LogP contribution in [0, 0.1) is 5.92 Å². The highest BCUT2D eigenvalue weighted by atomic mass is 32.2. The standard InChI is InChI=1S/C18H20F3N5OS/c19-18(20,21)15-8-17(27)26(11-22-15)9-12-1-4-25(5-2-12)16-7-13-10-28-6-3-14(13)23-24-16/h7-8,11-12H,1-6,9-10H2. The molecule has 0 N–H and O–H groups in total. The second-order valence-corrected chi connectivity index (χ2v) is 8.28. The van der Waals surface area contributed by atoms with E-state index in [1.807, 2.05) is 11.8 Å². The maximum Gasteiger partial charge on any atom is 0.433 e. The third kappa shape index (κ3) is 4.16. The number of aryl methyl sites for hydroxylation is 1. The summed E-state index contributed by atoms with van der Waals surface area (Å²) in [5, 5.41) is 8.74. The summed E-state index contributed by atoms with van der Waals surface area (Å²) in [6.07, 6.45) is -0.963. The number of alkyl halides is 3. The van der Waals surface area contributed by atoms with Gasteiger partial charge >= 0.3 is 6.18 Å². The van der Waals surface area contributed by atoms with Crippen LogP contribution in [0.15, 0.2) is 23.3 Å². The predicted molar refractivity (Wildman–Crippen MR) is 100 cm³/mol. The Morgan fingerprint density at radius 3 is 2.68 bits per heavy atom. The minimum Gasteiger partial charge on any atom is -0.355 e.